The number of aromatic nitrogens is 1. The van der Waals surface area contributed by atoms with Crippen molar-refractivity contribution in [1.29, 1.82) is 0 Å². The number of nitrogens with zero attached hydrogens (tertiary/aromatic N) is 2. The molecule has 0 unspecified atom stereocenters. The summed E-state index contributed by atoms with van der Waals surface area (Å²) in [7, 11) is 0. The quantitative estimate of drug-likeness (QED) is 0.581. The van der Waals surface area contributed by atoms with Gasteiger partial charge >= 0.3 is 11.7 Å². The number of hydrogen-bond acceptors (Lipinski definition) is 6. The number of halogens is 1. The van der Waals surface area contributed by atoms with Gasteiger partial charge < -0.3 is 21.5 Å². The number of nitrogen functional groups attached to an aromatic ring is 1. The summed E-state index contributed by atoms with van der Waals surface area (Å²) in [5.41, 5.74) is 9.62. The van der Waals surface area contributed by atoms with E-state index in [1.165, 1.54) is 24.4 Å². The Morgan fingerprint density at radius 2 is 2.14 bits per heavy atom. The highest BCUT2D eigenvalue weighted by Crippen LogP contribution is 2.35. The lowest BCUT2D eigenvalue weighted by Crippen LogP contribution is -2.19. The van der Waals surface area contributed by atoms with Crippen LogP contribution in [0.1, 0.15) is 0 Å². The smallest absolute Gasteiger partial charge is 0.353 e. The minimum absolute atomic E-state index is 0.0266. The Balaban J connectivity index is 2.32. The van der Waals surface area contributed by atoms with Crippen LogP contribution in [0.25, 0.3) is 0 Å². The zero-order valence-electron chi connectivity index (χ0n) is 10.9. The van der Waals surface area contributed by atoms with Crippen LogP contribution in [0.4, 0.5) is 26.4 Å². The number of anilines is 2. The number of primary amides is 1. The summed E-state index contributed by atoms with van der Waals surface area (Å²) in [6.07, 6.45) is 1.22. The molecule has 0 fully saturated rings. The van der Waals surface area contributed by atoms with E-state index < -0.39 is 22.5 Å². The molecule has 0 aliphatic carbocycles. The van der Waals surface area contributed by atoms with Crippen molar-refractivity contribution in [3.05, 3.63) is 46.4 Å². The van der Waals surface area contributed by atoms with Gasteiger partial charge in [-0.3, -0.25) is 10.1 Å². The molecule has 1 aromatic carbocycles. The van der Waals surface area contributed by atoms with Crippen molar-refractivity contribution in [2.24, 2.45) is 5.73 Å². The van der Waals surface area contributed by atoms with Crippen molar-refractivity contribution in [1.82, 2.24) is 4.98 Å². The Bertz CT molecular complexity index is 752. The van der Waals surface area contributed by atoms with Gasteiger partial charge in [0.25, 0.3) is 0 Å². The monoisotopic (exact) mass is 307 g/mol. The molecule has 114 valence electrons. The highest BCUT2D eigenvalue weighted by Gasteiger charge is 2.21. The third-order valence-corrected chi connectivity index (χ3v) is 2.52. The zero-order chi connectivity index (χ0) is 16.3. The average Bonchev–Trinajstić information content (AvgIpc) is 2.41. The number of pyridine rings is 1. The SMILES string of the molecule is NC(=O)Nc1ccc(Oc2ccnc(N)c2[N+](=O)[O-])cc1F. The van der Waals surface area contributed by atoms with Crippen LogP contribution in [0.5, 0.6) is 11.5 Å². The topological polar surface area (TPSA) is 146 Å². The van der Waals surface area contributed by atoms with E-state index in [4.69, 9.17) is 16.2 Å². The number of nitrogens with two attached hydrogens (primary N) is 2. The second-order valence-electron chi connectivity index (χ2n) is 4.03. The van der Waals surface area contributed by atoms with Gasteiger partial charge in [-0.15, -0.1) is 0 Å². The molecule has 0 saturated heterocycles. The standard InChI is InChI=1S/C12H10FN5O4/c13-7-5-6(1-2-8(7)17-12(15)19)22-9-3-4-16-11(14)10(9)18(20)21/h1-5H,(H2,14,16)(H3,15,17,19). The van der Waals surface area contributed by atoms with Crippen LogP contribution >= 0.6 is 0 Å². The van der Waals surface area contributed by atoms with Crippen LogP contribution in [0.15, 0.2) is 30.5 Å². The van der Waals surface area contributed by atoms with E-state index >= 15 is 0 Å². The third kappa shape index (κ3) is 3.17. The van der Waals surface area contributed by atoms with E-state index in [1.807, 2.05) is 0 Å². The molecule has 0 aliphatic rings. The van der Waals surface area contributed by atoms with Crippen LogP contribution in [-0.4, -0.2) is 15.9 Å². The Morgan fingerprint density at radius 1 is 1.41 bits per heavy atom. The van der Waals surface area contributed by atoms with Gasteiger partial charge in [-0.05, 0) is 12.1 Å². The molecule has 22 heavy (non-hydrogen) atoms. The molecule has 0 saturated carbocycles. The molecule has 0 radical (unpaired) electrons. The first kappa shape index (κ1) is 15.0. The molecule has 0 atom stereocenters. The summed E-state index contributed by atoms with van der Waals surface area (Å²) in [4.78, 5) is 24.5. The summed E-state index contributed by atoms with van der Waals surface area (Å²) in [5, 5.41) is 13.0. The maximum Gasteiger partial charge on any atom is 0.353 e. The molecule has 10 heteroatoms. The first-order valence-electron chi connectivity index (χ1n) is 5.81. The van der Waals surface area contributed by atoms with Gasteiger partial charge in [0.1, 0.15) is 11.6 Å². The molecule has 0 bridgehead atoms. The van der Waals surface area contributed by atoms with Gasteiger partial charge in [0.15, 0.2) is 0 Å². The molecular weight excluding hydrogens is 297 g/mol. The molecule has 5 N–H and O–H groups in total. The molecular formula is C12H10FN5O4. The van der Waals surface area contributed by atoms with Gasteiger partial charge in [0.05, 0.1) is 10.6 Å². The number of ether oxygens (including phenoxy) is 1. The van der Waals surface area contributed by atoms with E-state index in [1.54, 1.807) is 0 Å². The van der Waals surface area contributed by atoms with Gasteiger partial charge in [0.2, 0.25) is 11.6 Å². The van der Waals surface area contributed by atoms with Crippen LogP contribution in [0.3, 0.4) is 0 Å². The van der Waals surface area contributed by atoms with Crippen molar-refractivity contribution >= 4 is 23.2 Å². The second kappa shape index (κ2) is 5.91. The summed E-state index contributed by atoms with van der Waals surface area (Å²) in [6, 6.07) is 3.73. The van der Waals surface area contributed by atoms with E-state index in [-0.39, 0.29) is 23.0 Å². The predicted octanol–water partition coefficient (Wildman–Crippen LogP) is 1.99. The number of amides is 2. The summed E-state index contributed by atoms with van der Waals surface area (Å²) in [5.74, 6) is -1.36. The fourth-order valence-electron chi connectivity index (χ4n) is 1.64. The fraction of sp³-hybridized carbons (Fsp3) is 0. The van der Waals surface area contributed by atoms with E-state index in [9.17, 15) is 19.3 Å². The predicted molar refractivity (Wildman–Crippen MR) is 75.0 cm³/mol. The Kier molecular flexibility index (Phi) is 4.02. The number of rotatable bonds is 4. The molecule has 1 heterocycles. The maximum atomic E-state index is 13.7. The maximum absolute atomic E-state index is 13.7. The molecule has 0 spiro atoms. The van der Waals surface area contributed by atoms with Gasteiger partial charge in [-0.2, -0.15) is 0 Å². The Labute approximate surface area is 122 Å². The van der Waals surface area contributed by atoms with E-state index in [2.05, 4.69) is 10.3 Å². The van der Waals surface area contributed by atoms with E-state index in [0.29, 0.717) is 0 Å². The van der Waals surface area contributed by atoms with Crippen LogP contribution in [-0.2, 0) is 0 Å². The van der Waals surface area contributed by atoms with Crippen LogP contribution in [0.2, 0.25) is 0 Å². The van der Waals surface area contributed by atoms with Crippen molar-refractivity contribution in [2.45, 2.75) is 0 Å². The number of carbonyl (C=O) groups is 1. The molecule has 2 amide bonds. The summed E-state index contributed by atoms with van der Waals surface area (Å²) < 4.78 is 19.0. The highest BCUT2D eigenvalue weighted by molar-refractivity contribution is 5.88. The van der Waals surface area contributed by atoms with Crippen LogP contribution < -0.4 is 21.5 Å². The van der Waals surface area contributed by atoms with Gasteiger partial charge in [0, 0.05) is 18.3 Å². The Morgan fingerprint density at radius 3 is 2.73 bits per heavy atom. The van der Waals surface area contributed by atoms with Crippen molar-refractivity contribution in [3.8, 4) is 11.5 Å². The highest BCUT2D eigenvalue weighted by atomic mass is 19.1. The first-order valence-corrected chi connectivity index (χ1v) is 5.81. The van der Waals surface area contributed by atoms with Gasteiger partial charge in [-0.25, -0.2) is 14.2 Å². The molecule has 2 rings (SSSR count). The number of nitrogens with one attached hydrogen (secondary N) is 1. The van der Waals surface area contributed by atoms with Crippen molar-refractivity contribution in [3.63, 3.8) is 0 Å². The molecule has 1 aromatic heterocycles. The molecule has 9 nitrogen and oxygen atoms in total. The number of hydrogen-bond donors (Lipinski definition) is 3. The fourth-order valence-corrected chi connectivity index (χ4v) is 1.64. The lowest BCUT2D eigenvalue weighted by molar-refractivity contribution is -0.384. The van der Waals surface area contributed by atoms with Crippen LogP contribution in [0, 0.1) is 15.9 Å². The zero-order valence-corrected chi connectivity index (χ0v) is 10.9. The normalized spacial score (nSPS) is 10.0. The molecule has 0 aliphatic heterocycles. The van der Waals surface area contributed by atoms with Crippen molar-refractivity contribution in [2.75, 3.05) is 11.1 Å². The van der Waals surface area contributed by atoms with Gasteiger partial charge in [-0.1, -0.05) is 0 Å². The summed E-state index contributed by atoms with van der Waals surface area (Å²) in [6.45, 7) is 0. The second-order valence-corrected chi connectivity index (χ2v) is 4.03. The molecule has 2 aromatic rings. The largest absolute Gasteiger partial charge is 0.450 e. The minimum atomic E-state index is -0.926. The Hall–Kier alpha value is -3.43. The number of urea groups is 1. The first-order chi connectivity index (χ1) is 10.4. The number of nitro groups is 1. The van der Waals surface area contributed by atoms with Crippen molar-refractivity contribution < 1.29 is 18.8 Å². The number of carbonyl (C=O) groups excluding carboxylic acids is 1. The third-order valence-electron chi connectivity index (χ3n) is 2.52. The minimum Gasteiger partial charge on any atom is -0.450 e. The summed E-state index contributed by atoms with van der Waals surface area (Å²) >= 11 is 0. The number of benzene rings is 1. The van der Waals surface area contributed by atoms with E-state index in [0.717, 1.165) is 6.07 Å². The lowest BCUT2D eigenvalue weighted by atomic mass is 10.3. The lowest BCUT2D eigenvalue weighted by Gasteiger charge is -2.09. The average molecular weight is 307 g/mol.